The normalized spacial score (nSPS) is 20.9. The van der Waals surface area contributed by atoms with Crippen LogP contribution in [0.2, 0.25) is 0 Å². The Bertz CT molecular complexity index is 515. The van der Waals surface area contributed by atoms with E-state index in [2.05, 4.69) is 0 Å². The van der Waals surface area contributed by atoms with Crippen molar-refractivity contribution in [3.63, 3.8) is 0 Å². The molecule has 0 aliphatic carbocycles. The molecule has 1 atom stereocenters. The van der Waals surface area contributed by atoms with E-state index < -0.39 is 17.4 Å². The first-order valence-electron chi connectivity index (χ1n) is 5.68. The van der Waals surface area contributed by atoms with Crippen LogP contribution in [0.5, 0.6) is 0 Å². The van der Waals surface area contributed by atoms with Gasteiger partial charge in [0.25, 0.3) is 0 Å². The quantitative estimate of drug-likeness (QED) is 0.599. The summed E-state index contributed by atoms with van der Waals surface area (Å²) in [6.45, 7) is 3.47. The van der Waals surface area contributed by atoms with Crippen LogP contribution >= 0.6 is 0 Å². The van der Waals surface area contributed by atoms with Crippen LogP contribution in [0.4, 0.5) is 0 Å². The molecule has 0 fully saturated rings. The van der Waals surface area contributed by atoms with Crippen LogP contribution in [-0.2, 0) is 24.5 Å². The number of hydrogen-bond acceptors (Lipinski definition) is 4. The van der Waals surface area contributed by atoms with E-state index >= 15 is 0 Å². The number of esters is 2. The summed E-state index contributed by atoms with van der Waals surface area (Å²) < 4.78 is 11.7. The summed E-state index contributed by atoms with van der Waals surface area (Å²) in [6.07, 6.45) is 4.64. The molecule has 1 aliphatic heterocycles. The highest BCUT2D eigenvalue weighted by molar-refractivity contribution is 6.10. The monoisotopic (exact) mass is 249 g/mol. The number of carbonyl (C=O) groups is 2. The molecule has 0 bridgehead atoms. The lowest BCUT2D eigenvalue weighted by atomic mass is 9.86. The van der Waals surface area contributed by atoms with Gasteiger partial charge in [0.2, 0.25) is 5.41 Å². The average Bonchev–Trinajstić information content (AvgIpc) is 2.88. The molecule has 0 N–H and O–H groups in total. The third kappa shape index (κ3) is 1.63. The molecule has 18 heavy (non-hydrogen) atoms. The van der Waals surface area contributed by atoms with Gasteiger partial charge in [-0.3, -0.25) is 9.59 Å². The summed E-state index contributed by atoms with van der Waals surface area (Å²) in [4.78, 5) is 24.3. The molecule has 1 aliphatic rings. The van der Waals surface area contributed by atoms with Crippen molar-refractivity contribution in [3.8, 4) is 0 Å². The van der Waals surface area contributed by atoms with Crippen LogP contribution in [0.25, 0.3) is 6.20 Å². The average molecular weight is 249 g/mol. The second-order valence-electron chi connectivity index (χ2n) is 4.37. The topological polar surface area (TPSA) is 57.5 Å². The van der Waals surface area contributed by atoms with Crippen LogP contribution in [0.15, 0.2) is 24.4 Å². The van der Waals surface area contributed by atoms with E-state index in [9.17, 15) is 9.59 Å². The molecule has 0 amide bonds. The Balaban J connectivity index is 2.48. The zero-order valence-electron chi connectivity index (χ0n) is 10.5. The second-order valence-corrected chi connectivity index (χ2v) is 4.37. The maximum atomic E-state index is 12.3. The number of aromatic nitrogens is 1. The molecule has 96 valence electrons. The number of rotatable bonds is 3. The first kappa shape index (κ1) is 12.4. The first-order valence-corrected chi connectivity index (χ1v) is 5.68. The fourth-order valence-corrected chi connectivity index (χ4v) is 2.03. The Hall–Kier alpha value is -2.04. The highest BCUT2D eigenvalue weighted by Gasteiger charge is 2.52. The fourth-order valence-electron chi connectivity index (χ4n) is 2.03. The fraction of sp³-hybridized carbons (Fsp3) is 0.385. The first-order chi connectivity index (χ1) is 8.52. The van der Waals surface area contributed by atoms with E-state index in [-0.39, 0.29) is 6.10 Å². The molecule has 5 nitrogen and oxygen atoms in total. The molecule has 2 rings (SSSR count). The van der Waals surface area contributed by atoms with Gasteiger partial charge >= 0.3 is 11.9 Å². The number of fused-ring (bicyclic) bond motifs is 1. The maximum absolute atomic E-state index is 12.3. The molecule has 0 saturated heterocycles. The second kappa shape index (κ2) is 4.33. The molecule has 0 radical (unpaired) electrons. The molecular formula is C13H15NO4. The summed E-state index contributed by atoms with van der Waals surface area (Å²) in [6, 6.07) is 3.47. The van der Waals surface area contributed by atoms with Crippen molar-refractivity contribution >= 4 is 18.1 Å². The molecule has 5 heteroatoms. The van der Waals surface area contributed by atoms with Gasteiger partial charge in [-0.05, 0) is 32.1 Å². The predicted molar refractivity (Wildman–Crippen MR) is 64.7 cm³/mol. The van der Waals surface area contributed by atoms with Gasteiger partial charge in [0, 0.05) is 12.4 Å². The molecule has 2 heterocycles. The van der Waals surface area contributed by atoms with Gasteiger partial charge in [-0.1, -0.05) is 0 Å². The predicted octanol–water partition coefficient (Wildman–Crippen LogP) is 1.33. The highest BCUT2D eigenvalue weighted by atomic mass is 16.6. The molecule has 1 aromatic rings. The van der Waals surface area contributed by atoms with Crippen LogP contribution in [0, 0.1) is 0 Å². The third-order valence-corrected chi connectivity index (χ3v) is 2.84. The standard InChI is InChI=1S/C13H15NO4/c1-9(2)18-12(16)13(11(15)17-3)6-8-14-7-4-5-10(13)14/h4-9H,1-3H3. The number of carbonyl (C=O) groups excluding carboxylic acids is 2. The highest BCUT2D eigenvalue weighted by Crippen LogP contribution is 2.35. The van der Waals surface area contributed by atoms with Crippen molar-refractivity contribution in [2.45, 2.75) is 25.4 Å². The van der Waals surface area contributed by atoms with E-state index in [1.807, 2.05) is 0 Å². The van der Waals surface area contributed by atoms with Gasteiger partial charge in [-0.25, -0.2) is 0 Å². The number of ether oxygens (including phenoxy) is 2. The van der Waals surface area contributed by atoms with Crippen LogP contribution in [0.3, 0.4) is 0 Å². The molecular weight excluding hydrogens is 234 g/mol. The molecule has 1 aromatic heterocycles. The van der Waals surface area contributed by atoms with Crippen molar-refractivity contribution in [2.24, 2.45) is 0 Å². The van der Waals surface area contributed by atoms with Crippen molar-refractivity contribution in [2.75, 3.05) is 7.11 Å². The van der Waals surface area contributed by atoms with E-state index in [0.29, 0.717) is 5.69 Å². The van der Waals surface area contributed by atoms with E-state index in [0.717, 1.165) is 0 Å². The Morgan fingerprint density at radius 1 is 1.33 bits per heavy atom. The van der Waals surface area contributed by atoms with Gasteiger partial charge < -0.3 is 14.0 Å². The molecule has 0 spiro atoms. The number of hydrogen-bond donors (Lipinski definition) is 0. The number of methoxy groups -OCH3 is 1. The van der Waals surface area contributed by atoms with E-state index in [4.69, 9.17) is 9.47 Å². The lowest BCUT2D eigenvalue weighted by Gasteiger charge is -2.23. The van der Waals surface area contributed by atoms with Crippen LogP contribution in [-0.4, -0.2) is 29.7 Å². The Morgan fingerprint density at radius 2 is 2.06 bits per heavy atom. The Morgan fingerprint density at radius 3 is 2.67 bits per heavy atom. The zero-order valence-corrected chi connectivity index (χ0v) is 10.5. The lowest BCUT2D eigenvalue weighted by molar-refractivity contribution is -0.163. The number of nitrogens with zero attached hydrogens (tertiary/aromatic N) is 1. The van der Waals surface area contributed by atoms with Gasteiger partial charge in [0.1, 0.15) is 0 Å². The van der Waals surface area contributed by atoms with Crippen molar-refractivity contribution in [1.82, 2.24) is 4.57 Å². The minimum atomic E-state index is -1.48. The van der Waals surface area contributed by atoms with Crippen molar-refractivity contribution < 1.29 is 19.1 Å². The van der Waals surface area contributed by atoms with Crippen molar-refractivity contribution in [3.05, 3.63) is 30.1 Å². The SMILES string of the molecule is COC(=O)C1(C(=O)OC(C)C)C=Cn2cccc21. The van der Waals surface area contributed by atoms with Crippen molar-refractivity contribution in [1.29, 1.82) is 0 Å². The molecule has 0 aromatic carbocycles. The Labute approximate surface area is 105 Å². The van der Waals surface area contributed by atoms with Gasteiger partial charge in [-0.2, -0.15) is 0 Å². The van der Waals surface area contributed by atoms with Crippen LogP contribution < -0.4 is 0 Å². The lowest BCUT2D eigenvalue weighted by Crippen LogP contribution is -2.44. The van der Waals surface area contributed by atoms with Crippen LogP contribution in [0.1, 0.15) is 19.5 Å². The maximum Gasteiger partial charge on any atom is 0.333 e. The van der Waals surface area contributed by atoms with Gasteiger partial charge in [0.05, 0.1) is 18.9 Å². The minimum Gasteiger partial charge on any atom is -0.468 e. The Kier molecular flexibility index (Phi) is 2.98. The van der Waals surface area contributed by atoms with E-state index in [1.165, 1.54) is 13.2 Å². The third-order valence-electron chi connectivity index (χ3n) is 2.84. The molecule has 0 saturated carbocycles. The minimum absolute atomic E-state index is 0.295. The summed E-state index contributed by atoms with van der Waals surface area (Å²) in [7, 11) is 1.26. The summed E-state index contributed by atoms with van der Waals surface area (Å²) in [5.74, 6) is -1.25. The summed E-state index contributed by atoms with van der Waals surface area (Å²) >= 11 is 0. The largest absolute Gasteiger partial charge is 0.468 e. The zero-order chi connectivity index (χ0) is 13.3. The molecule has 1 unspecified atom stereocenters. The van der Waals surface area contributed by atoms with E-state index in [1.54, 1.807) is 42.9 Å². The van der Waals surface area contributed by atoms with Gasteiger partial charge in [-0.15, -0.1) is 0 Å². The van der Waals surface area contributed by atoms with Gasteiger partial charge in [0.15, 0.2) is 0 Å². The summed E-state index contributed by atoms with van der Waals surface area (Å²) in [5, 5.41) is 0. The smallest absolute Gasteiger partial charge is 0.333 e. The summed E-state index contributed by atoms with van der Waals surface area (Å²) in [5.41, 5.74) is -0.942.